The number of hydrogen-bond donors (Lipinski definition) is 1. The lowest BCUT2D eigenvalue weighted by Crippen LogP contribution is -2.26. The molecule has 0 bridgehead atoms. The minimum Gasteiger partial charge on any atom is -0.474 e. The van der Waals surface area contributed by atoms with Crippen molar-refractivity contribution in [1.82, 2.24) is 10.3 Å². The largest absolute Gasteiger partial charge is 0.474 e. The maximum Gasteiger partial charge on any atom is 0.229 e. The van der Waals surface area contributed by atoms with Gasteiger partial charge in [0.1, 0.15) is 11.9 Å². The molecule has 2 unspecified atom stereocenters. The molecule has 1 aliphatic carbocycles. The van der Waals surface area contributed by atoms with E-state index < -0.39 is 0 Å². The van der Waals surface area contributed by atoms with Gasteiger partial charge in [0.15, 0.2) is 0 Å². The van der Waals surface area contributed by atoms with Crippen molar-refractivity contribution in [1.29, 1.82) is 0 Å². The smallest absolute Gasteiger partial charge is 0.229 e. The van der Waals surface area contributed by atoms with Crippen LogP contribution in [0, 0.1) is 23.6 Å². The molecule has 27 heavy (non-hydrogen) atoms. The number of aromatic nitrogens is 1. The first kappa shape index (κ1) is 16.7. The van der Waals surface area contributed by atoms with Gasteiger partial charge in [0.25, 0.3) is 0 Å². The molecule has 2 aliphatic heterocycles. The third-order valence-electron chi connectivity index (χ3n) is 5.98. The maximum atomic E-state index is 13.3. The number of piperidine rings is 1. The number of rotatable bonds is 4. The third-order valence-corrected chi connectivity index (χ3v) is 5.98. The quantitative estimate of drug-likeness (QED) is 0.903. The summed E-state index contributed by atoms with van der Waals surface area (Å²) in [6.07, 6.45) is 1.05. The summed E-state index contributed by atoms with van der Waals surface area (Å²) >= 11 is 0. The van der Waals surface area contributed by atoms with Crippen LogP contribution in [0.15, 0.2) is 36.4 Å². The zero-order valence-electron chi connectivity index (χ0n) is 15.2. The van der Waals surface area contributed by atoms with E-state index in [4.69, 9.17) is 4.74 Å². The Balaban J connectivity index is 1.50. The fourth-order valence-electron chi connectivity index (χ4n) is 4.23. The Bertz CT molecular complexity index is 875. The number of amides is 1. The van der Waals surface area contributed by atoms with Gasteiger partial charge in [-0.15, -0.1) is 0 Å². The molecule has 0 spiro atoms. The van der Waals surface area contributed by atoms with E-state index in [0.29, 0.717) is 30.0 Å². The molecule has 3 heterocycles. The highest BCUT2D eigenvalue weighted by Gasteiger charge is 2.55. The van der Waals surface area contributed by atoms with Crippen molar-refractivity contribution < 1.29 is 13.9 Å². The lowest BCUT2D eigenvalue weighted by molar-refractivity contribution is -0.119. The van der Waals surface area contributed by atoms with Crippen LogP contribution in [0.25, 0.3) is 11.3 Å². The topological polar surface area (TPSA) is 54.5 Å². The minimum atomic E-state index is -0.284. The molecular weight excluding hydrogens is 345 g/mol. The number of nitrogens with one attached hydrogen (secondary N) is 1. The van der Waals surface area contributed by atoms with Crippen LogP contribution in [0.3, 0.4) is 0 Å². The van der Waals surface area contributed by atoms with Crippen LogP contribution in [-0.2, 0) is 4.79 Å². The average molecular weight is 367 g/mol. The number of ether oxygens (including phenoxy) is 1. The average Bonchev–Trinajstić information content (AvgIpc) is 2.99. The Morgan fingerprint density at radius 1 is 1.19 bits per heavy atom. The number of anilines is 1. The molecule has 1 amide bonds. The highest BCUT2D eigenvalue weighted by atomic mass is 19.1. The number of carbonyl (C=O) groups is 1. The second-order valence-electron chi connectivity index (χ2n) is 7.80. The fourth-order valence-corrected chi connectivity index (χ4v) is 4.23. The lowest BCUT2D eigenvalue weighted by atomic mass is 10.1. The van der Waals surface area contributed by atoms with E-state index in [-0.39, 0.29) is 23.7 Å². The second kappa shape index (κ2) is 6.30. The van der Waals surface area contributed by atoms with Crippen molar-refractivity contribution in [3.63, 3.8) is 0 Å². The van der Waals surface area contributed by atoms with Gasteiger partial charge in [-0.05, 0) is 36.8 Å². The van der Waals surface area contributed by atoms with Gasteiger partial charge in [-0.2, -0.15) is 0 Å². The molecule has 1 aromatic heterocycles. The van der Waals surface area contributed by atoms with E-state index in [9.17, 15) is 9.18 Å². The molecule has 2 saturated heterocycles. The third kappa shape index (κ3) is 2.98. The molecule has 3 aliphatic rings. The Labute approximate surface area is 157 Å². The molecule has 1 saturated carbocycles. The van der Waals surface area contributed by atoms with Gasteiger partial charge in [-0.25, -0.2) is 9.37 Å². The van der Waals surface area contributed by atoms with Crippen molar-refractivity contribution in [3.8, 4) is 17.1 Å². The van der Waals surface area contributed by atoms with E-state index in [1.807, 2.05) is 24.0 Å². The summed E-state index contributed by atoms with van der Waals surface area (Å²) in [6.45, 7) is 4.63. The molecule has 2 aromatic rings. The number of fused-ring (bicyclic) bond motifs is 1. The van der Waals surface area contributed by atoms with Crippen LogP contribution in [0.2, 0.25) is 0 Å². The summed E-state index contributed by atoms with van der Waals surface area (Å²) in [5.41, 5.74) is 2.30. The summed E-state index contributed by atoms with van der Waals surface area (Å²) < 4.78 is 19.5. The molecule has 5 nitrogen and oxygen atoms in total. The van der Waals surface area contributed by atoms with E-state index in [0.717, 1.165) is 30.8 Å². The lowest BCUT2D eigenvalue weighted by Gasteiger charge is -2.19. The van der Waals surface area contributed by atoms with Gasteiger partial charge >= 0.3 is 0 Å². The highest BCUT2D eigenvalue weighted by molar-refractivity contribution is 5.97. The molecule has 0 radical (unpaired) electrons. The van der Waals surface area contributed by atoms with Crippen molar-refractivity contribution in [2.45, 2.75) is 19.4 Å². The monoisotopic (exact) mass is 367 g/mol. The van der Waals surface area contributed by atoms with Gasteiger partial charge in [0.2, 0.25) is 11.8 Å². The molecule has 4 atom stereocenters. The maximum absolute atomic E-state index is 13.3. The fraction of sp³-hybridized carbons (Fsp3) is 0.429. The van der Waals surface area contributed by atoms with Gasteiger partial charge in [0.05, 0.1) is 11.4 Å². The molecule has 1 N–H and O–H groups in total. The summed E-state index contributed by atoms with van der Waals surface area (Å²) in [6, 6.07) is 10.0. The van der Waals surface area contributed by atoms with Crippen molar-refractivity contribution in [2.75, 3.05) is 24.5 Å². The van der Waals surface area contributed by atoms with Crippen LogP contribution in [-0.4, -0.2) is 36.6 Å². The SMILES string of the molecule is CC1CCN(c2cc(OC3[C@H]4CNC[C@@H]34)nc(-c3ccc(F)cc3)c2)C1=O. The number of benzene rings is 1. The van der Waals surface area contributed by atoms with E-state index >= 15 is 0 Å². The van der Waals surface area contributed by atoms with Crippen molar-refractivity contribution in [3.05, 3.63) is 42.2 Å². The predicted octanol–water partition coefficient (Wildman–Crippen LogP) is 2.86. The zero-order chi connectivity index (χ0) is 18.5. The van der Waals surface area contributed by atoms with Crippen molar-refractivity contribution >= 4 is 11.6 Å². The first-order chi connectivity index (χ1) is 13.1. The Hall–Kier alpha value is -2.47. The van der Waals surface area contributed by atoms with Gasteiger partial charge < -0.3 is 15.0 Å². The summed E-state index contributed by atoms with van der Waals surface area (Å²) in [5.74, 6) is 1.53. The van der Waals surface area contributed by atoms with Crippen LogP contribution in [0.4, 0.5) is 10.1 Å². The summed E-state index contributed by atoms with van der Waals surface area (Å²) in [5, 5.41) is 3.36. The number of pyridine rings is 1. The highest BCUT2D eigenvalue weighted by Crippen LogP contribution is 2.45. The van der Waals surface area contributed by atoms with Gasteiger partial charge in [0, 0.05) is 49.0 Å². The van der Waals surface area contributed by atoms with E-state index in [1.54, 1.807) is 12.1 Å². The minimum absolute atomic E-state index is 0.0330. The standard InChI is InChI=1S/C21H22FN3O2/c1-12-6-7-25(21(12)26)15-8-18(13-2-4-14(22)5-3-13)24-19(9-15)27-20-16-10-23-11-17(16)20/h2-5,8-9,12,16-17,20,23H,6-7,10-11H2,1H3/t12?,16-,17+,20?. The molecule has 3 fully saturated rings. The Morgan fingerprint density at radius 3 is 2.59 bits per heavy atom. The van der Waals surface area contributed by atoms with Crippen LogP contribution < -0.4 is 15.0 Å². The van der Waals surface area contributed by atoms with Crippen LogP contribution in [0.1, 0.15) is 13.3 Å². The van der Waals surface area contributed by atoms with Crippen LogP contribution >= 0.6 is 0 Å². The number of nitrogens with zero attached hydrogens (tertiary/aromatic N) is 2. The summed E-state index contributed by atoms with van der Waals surface area (Å²) in [7, 11) is 0. The zero-order valence-corrected chi connectivity index (χ0v) is 15.2. The Morgan fingerprint density at radius 2 is 1.93 bits per heavy atom. The molecule has 5 rings (SSSR count). The van der Waals surface area contributed by atoms with Gasteiger partial charge in [-0.3, -0.25) is 4.79 Å². The predicted molar refractivity (Wildman–Crippen MR) is 100 cm³/mol. The van der Waals surface area contributed by atoms with Gasteiger partial charge in [-0.1, -0.05) is 6.92 Å². The molecular formula is C21H22FN3O2. The first-order valence-corrected chi connectivity index (χ1v) is 9.57. The molecule has 6 heteroatoms. The van der Waals surface area contributed by atoms with E-state index in [2.05, 4.69) is 10.3 Å². The van der Waals surface area contributed by atoms with Crippen molar-refractivity contribution in [2.24, 2.45) is 17.8 Å². The first-order valence-electron chi connectivity index (χ1n) is 9.57. The second-order valence-corrected chi connectivity index (χ2v) is 7.80. The molecule has 1 aromatic carbocycles. The Kier molecular flexibility index (Phi) is 3.90. The number of halogens is 1. The van der Waals surface area contributed by atoms with Crippen LogP contribution in [0.5, 0.6) is 5.88 Å². The number of carbonyl (C=O) groups excluding carboxylic acids is 1. The van der Waals surface area contributed by atoms with E-state index in [1.165, 1.54) is 12.1 Å². The number of hydrogen-bond acceptors (Lipinski definition) is 4. The summed E-state index contributed by atoms with van der Waals surface area (Å²) in [4.78, 5) is 19.0. The normalized spacial score (nSPS) is 29.1. The molecule has 140 valence electrons.